The number of anilines is 2. The standard InChI is InChI=1S/C36H29NO/c1-35(2)29-17-14-21(37-22-13-15-24-23-9-5-7-11-28(23)36(3,4)31(24)20-22)19-27(29)33-30(35)18-16-26-25-10-6-8-12-32(25)38-34(26)33/h5-20,37H,1-4H3. The molecule has 0 atom stereocenters. The summed E-state index contributed by atoms with van der Waals surface area (Å²) in [6.07, 6.45) is 0. The third-order valence-electron chi connectivity index (χ3n) is 9.05. The molecule has 184 valence electrons. The SMILES string of the molecule is CC1(C)c2ccccc2-c2ccc(Nc3ccc4c(c3)-c3c(ccc5c3oc3ccccc35)C4(C)C)cc21. The highest BCUT2D eigenvalue weighted by molar-refractivity contribution is 6.12. The van der Waals surface area contributed by atoms with Crippen LogP contribution in [0.4, 0.5) is 11.4 Å². The third-order valence-corrected chi connectivity index (χ3v) is 9.05. The highest BCUT2D eigenvalue weighted by Crippen LogP contribution is 2.53. The summed E-state index contributed by atoms with van der Waals surface area (Å²) in [6, 6.07) is 35.3. The number of rotatable bonds is 2. The molecule has 0 fully saturated rings. The van der Waals surface area contributed by atoms with Gasteiger partial charge in [-0.1, -0.05) is 94.4 Å². The maximum atomic E-state index is 6.49. The zero-order valence-corrected chi connectivity index (χ0v) is 22.1. The Hall–Kier alpha value is -4.30. The van der Waals surface area contributed by atoms with Gasteiger partial charge in [-0.05, 0) is 69.3 Å². The van der Waals surface area contributed by atoms with E-state index in [1.807, 2.05) is 6.07 Å². The molecule has 2 nitrogen and oxygen atoms in total. The molecule has 5 aromatic carbocycles. The Kier molecular flexibility index (Phi) is 4.10. The fraction of sp³-hybridized carbons (Fsp3) is 0.167. The number of nitrogens with one attached hydrogen (secondary N) is 1. The lowest BCUT2D eigenvalue weighted by Gasteiger charge is -2.22. The van der Waals surface area contributed by atoms with Gasteiger partial charge in [0, 0.05) is 38.5 Å². The first-order valence-corrected chi connectivity index (χ1v) is 13.4. The van der Waals surface area contributed by atoms with Crippen LogP contribution in [0.2, 0.25) is 0 Å². The molecule has 0 saturated heterocycles. The minimum absolute atomic E-state index is 0.0165. The molecule has 0 amide bonds. The van der Waals surface area contributed by atoms with Crippen molar-refractivity contribution in [1.29, 1.82) is 0 Å². The van der Waals surface area contributed by atoms with Gasteiger partial charge in [0.1, 0.15) is 11.2 Å². The van der Waals surface area contributed by atoms with E-state index in [2.05, 4.69) is 124 Å². The Morgan fingerprint density at radius 3 is 2.08 bits per heavy atom. The van der Waals surface area contributed by atoms with E-state index in [9.17, 15) is 0 Å². The summed E-state index contributed by atoms with van der Waals surface area (Å²) in [5.41, 5.74) is 14.7. The normalized spacial score (nSPS) is 15.8. The van der Waals surface area contributed by atoms with Crippen molar-refractivity contribution >= 4 is 33.3 Å². The zero-order chi connectivity index (χ0) is 25.8. The average Bonchev–Trinajstić information content (AvgIpc) is 3.49. The Morgan fingerprint density at radius 2 is 1.18 bits per heavy atom. The van der Waals surface area contributed by atoms with Gasteiger partial charge in [-0.3, -0.25) is 0 Å². The highest BCUT2D eigenvalue weighted by atomic mass is 16.3. The van der Waals surface area contributed by atoms with Crippen LogP contribution in [0.5, 0.6) is 0 Å². The van der Waals surface area contributed by atoms with Crippen molar-refractivity contribution in [2.24, 2.45) is 0 Å². The van der Waals surface area contributed by atoms with E-state index in [1.54, 1.807) is 0 Å². The zero-order valence-electron chi connectivity index (χ0n) is 22.1. The minimum atomic E-state index is -0.0836. The average molecular weight is 492 g/mol. The van der Waals surface area contributed by atoms with E-state index in [0.29, 0.717) is 0 Å². The predicted octanol–water partition coefficient (Wildman–Crippen LogP) is 9.94. The van der Waals surface area contributed by atoms with Gasteiger partial charge < -0.3 is 9.73 Å². The van der Waals surface area contributed by atoms with Gasteiger partial charge >= 0.3 is 0 Å². The van der Waals surface area contributed by atoms with Crippen molar-refractivity contribution in [3.05, 3.63) is 119 Å². The van der Waals surface area contributed by atoms with Crippen molar-refractivity contribution in [2.45, 2.75) is 38.5 Å². The molecule has 2 aliphatic rings. The first kappa shape index (κ1) is 21.8. The second kappa shape index (κ2) is 7.17. The van der Waals surface area contributed by atoms with E-state index in [1.165, 1.54) is 55.3 Å². The summed E-state index contributed by atoms with van der Waals surface area (Å²) in [7, 11) is 0. The number of para-hydroxylation sites is 1. The summed E-state index contributed by atoms with van der Waals surface area (Å²) in [6.45, 7) is 9.29. The maximum absolute atomic E-state index is 6.49. The van der Waals surface area contributed by atoms with Crippen LogP contribution in [0.3, 0.4) is 0 Å². The lowest BCUT2D eigenvalue weighted by atomic mass is 9.82. The summed E-state index contributed by atoms with van der Waals surface area (Å²) in [4.78, 5) is 0. The van der Waals surface area contributed by atoms with Gasteiger partial charge in [-0.25, -0.2) is 0 Å². The summed E-state index contributed by atoms with van der Waals surface area (Å²) in [5.74, 6) is 0. The van der Waals surface area contributed by atoms with Gasteiger partial charge in [0.25, 0.3) is 0 Å². The molecule has 38 heavy (non-hydrogen) atoms. The lowest BCUT2D eigenvalue weighted by molar-refractivity contribution is 0.653. The number of fused-ring (bicyclic) bond motifs is 10. The van der Waals surface area contributed by atoms with Crippen LogP contribution in [0, 0.1) is 0 Å². The number of hydrogen-bond donors (Lipinski definition) is 1. The Balaban J connectivity index is 1.25. The quantitative estimate of drug-likeness (QED) is 0.261. The van der Waals surface area contributed by atoms with E-state index in [-0.39, 0.29) is 10.8 Å². The number of furan rings is 1. The largest absolute Gasteiger partial charge is 0.455 e. The van der Waals surface area contributed by atoms with E-state index < -0.39 is 0 Å². The van der Waals surface area contributed by atoms with Crippen molar-refractivity contribution in [3.8, 4) is 22.3 Å². The lowest BCUT2D eigenvalue weighted by Crippen LogP contribution is -2.15. The van der Waals surface area contributed by atoms with Gasteiger partial charge in [0.15, 0.2) is 0 Å². The molecule has 0 radical (unpaired) electrons. The van der Waals surface area contributed by atoms with Crippen LogP contribution < -0.4 is 5.32 Å². The van der Waals surface area contributed by atoms with Crippen LogP contribution in [-0.2, 0) is 10.8 Å². The topological polar surface area (TPSA) is 25.2 Å². The van der Waals surface area contributed by atoms with Gasteiger partial charge in [-0.2, -0.15) is 0 Å². The molecule has 6 aromatic rings. The molecule has 2 aliphatic carbocycles. The molecule has 0 unspecified atom stereocenters. The molecule has 1 N–H and O–H groups in total. The first-order valence-electron chi connectivity index (χ1n) is 13.4. The van der Waals surface area contributed by atoms with Crippen LogP contribution in [0.15, 0.2) is 101 Å². The van der Waals surface area contributed by atoms with Crippen molar-refractivity contribution in [1.82, 2.24) is 0 Å². The molecular weight excluding hydrogens is 462 g/mol. The number of hydrogen-bond acceptors (Lipinski definition) is 2. The van der Waals surface area contributed by atoms with Crippen LogP contribution >= 0.6 is 0 Å². The first-order chi connectivity index (χ1) is 18.3. The molecular formula is C36H29NO. The smallest absolute Gasteiger partial charge is 0.143 e. The van der Waals surface area contributed by atoms with Gasteiger partial charge in [-0.15, -0.1) is 0 Å². The molecule has 0 aliphatic heterocycles. The second-order valence-corrected chi connectivity index (χ2v) is 11.9. The molecule has 8 rings (SSSR count). The minimum Gasteiger partial charge on any atom is -0.455 e. The molecule has 2 heteroatoms. The van der Waals surface area contributed by atoms with Crippen LogP contribution in [0.1, 0.15) is 49.9 Å². The third kappa shape index (κ3) is 2.73. The van der Waals surface area contributed by atoms with Crippen molar-refractivity contribution in [3.63, 3.8) is 0 Å². The molecule has 1 heterocycles. The van der Waals surface area contributed by atoms with Crippen LogP contribution in [-0.4, -0.2) is 0 Å². The van der Waals surface area contributed by atoms with E-state index in [0.717, 1.165) is 22.5 Å². The molecule has 0 spiro atoms. The van der Waals surface area contributed by atoms with Crippen LogP contribution in [0.25, 0.3) is 44.2 Å². The van der Waals surface area contributed by atoms with Crippen molar-refractivity contribution < 1.29 is 4.42 Å². The van der Waals surface area contributed by atoms with E-state index >= 15 is 0 Å². The van der Waals surface area contributed by atoms with Gasteiger partial charge in [0.05, 0.1) is 0 Å². The summed E-state index contributed by atoms with van der Waals surface area (Å²) < 4.78 is 6.49. The van der Waals surface area contributed by atoms with Gasteiger partial charge in [0.2, 0.25) is 0 Å². The second-order valence-electron chi connectivity index (χ2n) is 11.9. The highest BCUT2D eigenvalue weighted by Gasteiger charge is 2.38. The van der Waals surface area contributed by atoms with Crippen molar-refractivity contribution in [2.75, 3.05) is 5.32 Å². The monoisotopic (exact) mass is 491 g/mol. The Morgan fingerprint density at radius 1 is 0.526 bits per heavy atom. The molecule has 0 bridgehead atoms. The Bertz CT molecular complexity index is 1950. The maximum Gasteiger partial charge on any atom is 0.143 e. The van der Waals surface area contributed by atoms with E-state index in [4.69, 9.17) is 4.42 Å². The number of benzene rings is 5. The molecule has 0 saturated carbocycles. The fourth-order valence-corrected chi connectivity index (χ4v) is 7.04. The molecule has 1 aromatic heterocycles. The predicted molar refractivity (Wildman–Crippen MR) is 159 cm³/mol. The summed E-state index contributed by atoms with van der Waals surface area (Å²) >= 11 is 0. The Labute approximate surface area is 222 Å². The summed E-state index contributed by atoms with van der Waals surface area (Å²) in [5, 5.41) is 6.09. The fourth-order valence-electron chi connectivity index (χ4n) is 7.04.